The van der Waals surface area contributed by atoms with Gasteiger partial charge in [0.25, 0.3) is 16.7 Å². The molecule has 5 rings (SSSR count). The molecule has 7 nitrogen and oxygen atoms in total. The molecule has 0 bridgehead atoms. The molecule has 3 aromatic carbocycles. The molecule has 0 amide bonds. The predicted octanol–water partition coefficient (Wildman–Crippen LogP) is 4.86. The van der Waals surface area contributed by atoms with Crippen molar-refractivity contribution < 1.29 is 9.21 Å². The normalized spacial score (nSPS) is 12.0. The van der Waals surface area contributed by atoms with Crippen molar-refractivity contribution in [2.75, 3.05) is 0 Å². The summed E-state index contributed by atoms with van der Waals surface area (Å²) in [5.74, 6) is 0.171. The van der Waals surface area contributed by atoms with Crippen LogP contribution in [0.4, 0.5) is 0 Å². The van der Waals surface area contributed by atoms with Gasteiger partial charge in [-0.3, -0.25) is 9.59 Å². The molecule has 0 spiro atoms. The molecule has 0 saturated carbocycles. The molecule has 34 heavy (non-hydrogen) atoms. The highest BCUT2D eigenvalue weighted by molar-refractivity contribution is 8.00. The van der Waals surface area contributed by atoms with Gasteiger partial charge in [-0.15, -0.1) is 10.2 Å². The first-order valence-corrected chi connectivity index (χ1v) is 11.6. The maximum absolute atomic E-state index is 13.1. The smallest absolute Gasteiger partial charge is 0.277 e. The number of rotatable bonds is 7. The van der Waals surface area contributed by atoms with E-state index in [-0.39, 0.29) is 22.5 Å². The molecule has 0 radical (unpaired) electrons. The van der Waals surface area contributed by atoms with E-state index in [0.29, 0.717) is 28.6 Å². The number of hydrogen-bond donors (Lipinski definition) is 0. The van der Waals surface area contributed by atoms with Crippen LogP contribution in [-0.2, 0) is 6.54 Å². The quantitative estimate of drug-likeness (QED) is 0.249. The lowest BCUT2D eigenvalue weighted by Crippen LogP contribution is -2.24. The molecule has 2 heterocycles. The third kappa shape index (κ3) is 4.40. The fourth-order valence-corrected chi connectivity index (χ4v) is 4.41. The zero-order valence-corrected chi connectivity index (χ0v) is 19.1. The number of Topliss-reactive ketones (excluding diaryl/α,β-unsaturated/α-hetero) is 1. The molecule has 0 aliphatic heterocycles. The second-order valence-corrected chi connectivity index (χ2v) is 9.00. The Morgan fingerprint density at radius 2 is 1.56 bits per heavy atom. The number of ketones is 1. The zero-order valence-electron chi connectivity index (χ0n) is 18.3. The van der Waals surface area contributed by atoms with Crippen LogP contribution in [0.3, 0.4) is 0 Å². The Balaban J connectivity index is 1.48. The average Bonchev–Trinajstić information content (AvgIpc) is 3.34. The lowest BCUT2D eigenvalue weighted by Gasteiger charge is -2.09. The summed E-state index contributed by atoms with van der Waals surface area (Å²) in [5.41, 5.74) is 1.81. The maximum Gasteiger partial charge on any atom is 0.277 e. The van der Waals surface area contributed by atoms with Crippen LogP contribution in [0.25, 0.3) is 22.4 Å². The van der Waals surface area contributed by atoms with Gasteiger partial charge in [0.1, 0.15) is 0 Å². The lowest BCUT2D eigenvalue weighted by atomic mass is 10.1. The number of thioether (sulfide) groups is 1. The summed E-state index contributed by atoms with van der Waals surface area (Å²) in [7, 11) is 0. The average molecular weight is 469 g/mol. The van der Waals surface area contributed by atoms with Crippen LogP contribution < -0.4 is 5.56 Å². The van der Waals surface area contributed by atoms with Gasteiger partial charge in [0.2, 0.25) is 0 Å². The SMILES string of the molecule is CC(Sc1nnc(-c2nn(Cc3ccccc3)c(=O)c3ccccc23)o1)C(=O)c1ccccc1. The Labute approximate surface area is 199 Å². The zero-order chi connectivity index (χ0) is 23.5. The Bertz CT molecular complexity index is 1510. The minimum atomic E-state index is -0.410. The molecular formula is C26H20N4O3S. The van der Waals surface area contributed by atoms with Crippen LogP contribution in [0, 0.1) is 0 Å². The first kappa shape index (κ1) is 21.8. The fraction of sp³-hybridized carbons (Fsp3) is 0.115. The van der Waals surface area contributed by atoms with Crippen molar-refractivity contribution in [3.05, 3.63) is 106 Å². The van der Waals surface area contributed by atoms with Gasteiger partial charge >= 0.3 is 0 Å². The van der Waals surface area contributed by atoms with Crippen LogP contribution in [0.5, 0.6) is 0 Å². The number of carbonyl (C=O) groups excluding carboxylic acids is 1. The van der Waals surface area contributed by atoms with Gasteiger partial charge in [-0.25, -0.2) is 4.68 Å². The van der Waals surface area contributed by atoms with Crippen molar-refractivity contribution in [2.45, 2.75) is 23.9 Å². The largest absolute Gasteiger partial charge is 0.409 e. The van der Waals surface area contributed by atoms with Gasteiger partial charge < -0.3 is 4.42 Å². The number of benzene rings is 3. The highest BCUT2D eigenvalue weighted by Gasteiger charge is 2.22. The van der Waals surface area contributed by atoms with E-state index in [9.17, 15) is 9.59 Å². The van der Waals surface area contributed by atoms with E-state index in [2.05, 4.69) is 15.3 Å². The number of fused-ring (bicyclic) bond motifs is 1. The minimum Gasteiger partial charge on any atom is -0.409 e. The molecule has 0 N–H and O–H groups in total. The molecule has 0 aliphatic carbocycles. The number of aromatic nitrogens is 4. The third-order valence-corrected chi connectivity index (χ3v) is 6.29. The van der Waals surface area contributed by atoms with E-state index < -0.39 is 5.25 Å². The molecule has 0 fully saturated rings. The lowest BCUT2D eigenvalue weighted by molar-refractivity contribution is 0.0993. The maximum atomic E-state index is 13.1. The standard InChI is InChI=1S/C26H20N4O3S/c1-17(23(31)19-12-6-3-7-13-19)34-26-28-27-24(33-26)22-20-14-8-9-15-21(20)25(32)30(29-22)16-18-10-4-2-5-11-18/h2-15,17H,16H2,1H3. The van der Waals surface area contributed by atoms with Crippen LogP contribution in [-0.4, -0.2) is 31.0 Å². The van der Waals surface area contributed by atoms with E-state index in [0.717, 1.165) is 5.56 Å². The summed E-state index contributed by atoms with van der Waals surface area (Å²) >= 11 is 1.19. The molecule has 1 unspecified atom stereocenters. The van der Waals surface area contributed by atoms with Crippen molar-refractivity contribution >= 4 is 28.3 Å². The minimum absolute atomic E-state index is 0.0228. The summed E-state index contributed by atoms with van der Waals surface area (Å²) in [6.07, 6.45) is 0. The second kappa shape index (κ2) is 9.44. The summed E-state index contributed by atoms with van der Waals surface area (Å²) < 4.78 is 7.30. The fourth-order valence-electron chi connectivity index (χ4n) is 3.65. The molecule has 1 atom stereocenters. The monoisotopic (exact) mass is 468 g/mol. The molecule has 0 aliphatic rings. The first-order chi connectivity index (χ1) is 16.6. The molecule has 0 saturated heterocycles. The molecular weight excluding hydrogens is 448 g/mol. The summed E-state index contributed by atoms with van der Waals surface area (Å²) in [4.78, 5) is 25.8. The van der Waals surface area contributed by atoms with Crippen LogP contribution in [0.2, 0.25) is 0 Å². The molecule has 8 heteroatoms. The Hall–Kier alpha value is -4.04. The number of carbonyl (C=O) groups is 1. The van der Waals surface area contributed by atoms with Crippen molar-refractivity contribution in [3.8, 4) is 11.6 Å². The Morgan fingerprint density at radius 3 is 2.29 bits per heavy atom. The van der Waals surface area contributed by atoms with Crippen LogP contribution in [0.1, 0.15) is 22.8 Å². The van der Waals surface area contributed by atoms with Crippen molar-refractivity contribution in [1.82, 2.24) is 20.0 Å². The van der Waals surface area contributed by atoms with Gasteiger partial charge in [0.15, 0.2) is 11.5 Å². The van der Waals surface area contributed by atoms with Gasteiger partial charge in [-0.2, -0.15) is 5.10 Å². The topological polar surface area (TPSA) is 90.9 Å². The highest BCUT2D eigenvalue weighted by atomic mass is 32.2. The predicted molar refractivity (Wildman–Crippen MR) is 131 cm³/mol. The van der Waals surface area contributed by atoms with E-state index in [1.807, 2.05) is 66.7 Å². The summed E-state index contributed by atoms with van der Waals surface area (Å²) in [6.45, 7) is 2.12. The number of hydrogen-bond acceptors (Lipinski definition) is 7. The van der Waals surface area contributed by atoms with E-state index >= 15 is 0 Å². The van der Waals surface area contributed by atoms with Gasteiger partial charge in [-0.1, -0.05) is 90.6 Å². The first-order valence-electron chi connectivity index (χ1n) is 10.7. The summed E-state index contributed by atoms with van der Waals surface area (Å²) in [6, 6.07) is 26.0. The van der Waals surface area contributed by atoms with E-state index in [1.54, 1.807) is 25.1 Å². The van der Waals surface area contributed by atoms with Crippen molar-refractivity contribution in [1.29, 1.82) is 0 Å². The van der Waals surface area contributed by atoms with Gasteiger partial charge in [-0.05, 0) is 18.6 Å². The third-order valence-electron chi connectivity index (χ3n) is 5.36. The Kier molecular flexibility index (Phi) is 6.05. The van der Waals surface area contributed by atoms with Gasteiger partial charge in [0, 0.05) is 10.9 Å². The van der Waals surface area contributed by atoms with E-state index in [4.69, 9.17) is 4.42 Å². The van der Waals surface area contributed by atoms with Crippen LogP contribution >= 0.6 is 11.8 Å². The summed E-state index contributed by atoms with van der Waals surface area (Å²) in [5, 5.41) is 13.9. The Morgan fingerprint density at radius 1 is 0.912 bits per heavy atom. The van der Waals surface area contributed by atoms with E-state index in [1.165, 1.54) is 16.4 Å². The molecule has 168 valence electrons. The van der Waals surface area contributed by atoms with Gasteiger partial charge in [0.05, 0.1) is 17.2 Å². The number of nitrogens with zero attached hydrogens (tertiary/aromatic N) is 4. The second-order valence-electron chi connectivity index (χ2n) is 7.71. The highest BCUT2D eigenvalue weighted by Crippen LogP contribution is 2.29. The van der Waals surface area contributed by atoms with Crippen LogP contribution in [0.15, 0.2) is 99.4 Å². The van der Waals surface area contributed by atoms with Crippen molar-refractivity contribution in [2.24, 2.45) is 0 Å². The van der Waals surface area contributed by atoms with Crippen molar-refractivity contribution in [3.63, 3.8) is 0 Å². The molecule has 5 aromatic rings. The molecule has 2 aromatic heterocycles.